The van der Waals surface area contributed by atoms with E-state index in [-0.39, 0.29) is 18.5 Å². The molecule has 0 bridgehead atoms. The minimum Gasteiger partial charge on any atom is -0.463 e. The van der Waals surface area contributed by atoms with Gasteiger partial charge >= 0.3 is 12.0 Å². The molecule has 0 saturated carbocycles. The lowest BCUT2D eigenvalue weighted by Crippen LogP contribution is -2.53. The molecule has 1 N–H and O–H groups in total. The SMILES string of the molecule is CCOC(=O)C1=C(CN2CCN(C(=O)c3ccccc3Cl)CC2)N(C)C(=O)NC1c1ccc(Cl)cc1Cl. The Balaban J connectivity index is 1.59. The first kappa shape index (κ1) is 27.3. The monoisotopic (exact) mass is 564 g/mol. The largest absolute Gasteiger partial charge is 0.463 e. The van der Waals surface area contributed by atoms with Crippen molar-refractivity contribution in [2.45, 2.75) is 13.0 Å². The van der Waals surface area contributed by atoms with E-state index in [9.17, 15) is 14.4 Å². The topological polar surface area (TPSA) is 82.2 Å². The summed E-state index contributed by atoms with van der Waals surface area (Å²) in [6.45, 7) is 4.28. The molecule has 1 fully saturated rings. The van der Waals surface area contributed by atoms with Crippen molar-refractivity contribution in [3.05, 3.63) is 79.9 Å². The first-order valence-electron chi connectivity index (χ1n) is 11.9. The molecule has 1 atom stereocenters. The van der Waals surface area contributed by atoms with Crippen LogP contribution in [0.4, 0.5) is 4.79 Å². The second-order valence-corrected chi connectivity index (χ2v) is 9.99. The predicted octanol–water partition coefficient (Wildman–Crippen LogP) is 4.62. The molecule has 2 aromatic rings. The Morgan fingerprint density at radius 1 is 1.03 bits per heavy atom. The normalized spacial score (nSPS) is 18.6. The number of nitrogens with one attached hydrogen (secondary N) is 1. The second kappa shape index (κ2) is 11.7. The van der Waals surface area contributed by atoms with Gasteiger partial charge in [-0.3, -0.25) is 14.6 Å². The predicted molar refractivity (Wildman–Crippen MR) is 143 cm³/mol. The molecule has 2 aliphatic rings. The maximum absolute atomic E-state index is 13.2. The van der Waals surface area contributed by atoms with Crippen LogP contribution in [0.5, 0.6) is 0 Å². The number of carbonyl (C=O) groups excluding carboxylic acids is 3. The number of rotatable bonds is 6. The fourth-order valence-electron chi connectivity index (χ4n) is 4.49. The summed E-state index contributed by atoms with van der Waals surface area (Å²) in [5.41, 5.74) is 1.84. The van der Waals surface area contributed by atoms with E-state index in [1.54, 1.807) is 61.3 Å². The van der Waals surface area contributed by atoms with E-state index in [2.05, 4.69) is 10.2 Å². The summed E-state index contributed by atoms with van der Waals surface area (Å²) >= 11 is 18.7. The lowest BCUT2D eigenvalue weighted by molar-refractivity contribution is -0.139. The minimum absolute atomic E-state index is 0.122. The number of hydrogen-bond acceptors (Lipinski definition) is 5. The number of likely N-dealkylation sites (N-methyl/N-ethyl adjacent to an activating group) is 1. The zero-order valence-electron chi connectivity index (χ0n) is 20.5. The highest BCUT2D eigenvalue weighted by Gasteiger charge is 2.38. The van der Waals surface area contributed by atoms with Crippen LogP contribution >= 0.6 is 34.8 Å². The molecule has 4 rings (SSSR count). The van der Waals surface area contributed by atoms with Gasteiger partial charge in [0.15, 0.2) is 0 Å². The average Bonchev–Trinajstić information content (AvgIpc) is 2.87. The van der Waals surface area contributed by atoms with Crippen LogP contribution in [0.25, 0.3) is 0 Å². The fourth-order valence-corrected chi connectivity index (χ4v) is 5.23. The molecular formula is C26H27Cl3N4O4. The van der Waals surface area contributed by atoms with E-state index in [4.69, 9.17) is 39.5 Å². The maximum Gasteiger partial charge on any atom is 0.338 e. The molecular weight excluding hydrogens is 539 g/mol. The Morgan fingerprint density at radius 2 is 1.73 bits per heavy atom. The minimum atomic E-state index is -0.800. The Labute approximate surface area is 230 Å². The number of urea groups is 1. The fraction of sp³-hybridized carbons (Fsp3) is 0.346. The molecule has 0 spiro atoms. The van der Waals surface area contributed by atoms with Crippen molar-refractivity contribution in [2.24, 2.45) is 0 Å². The molecule has 0 aromatic heterocycles. The number of benzene rings is 2. The molecule has 0 aliphatic carbocycles. The van der Waals surface area contributed by atoms with Crippen LogP contribution in [0.3, 0.4) is 0 Å². The van der Waals surface area contributed by atoms with Gasteiger partial charge in [0, 0.05) is 55.5 Å². The van der Waals surface area contributed by atoms with Gasteiger partial charge < -0.3 is 15.0 Å². The van der Waals surface area contributed by atoms with Crippen LogP contribution < -0.4 is 5.32 Å². The van der Waals surface area contributed by atoms with Crippen molar-refractivity contribution < 1.29 is 19.1 Å². The number of amides is 3. The smallest absolute Gasteiger partial charge is 0.338 e. The number of nitrogens with zero attached hydrogens (tertiary/aromatic N) is 3. The van der Waals surface area contributed by atoms with Crippen LogP contribution in [0, 0.1) is 0 Å². The quantitative estimate of drug-likeness (QED) is 0.517. The first-order chi connectivity index (χ1) is 17.7. The van der Waals surface area contributed by atoms with Gasteiger partial charge in [0.25, 0.3) is 5.91 Å². The van der Waals surface area contributed by atoms with Crippen LogP contribution in [0.15, 0.2) is 53.7 Å². The summed E-state index contributed by atoms with van der Waals surface area (Å²) < 4.78 is 5.38. The Bertz CT molecular complexity index is 1240. The molecule has 1 unspecified atom stereocenters. The number of esters is 1. The lowest BCUT2D eigenvalue weighted by Gasteiger charge is -2.39. The summed E-state index contributed by atoms with van der Waals surface area (Å²) in [5, 5.41) is 4.05. The highest BCUT2D eigenvalue weighted by molar-refractivity contribution is 6.35. The van der Waals surface area contributed by atoms with E-state index in [1.807, 2.05) is 0 Å². The van der Waals surface area contributed by atoms with Crippen molar-refractivity contribution in [2.75, 3.05) is 46.4 Å². The number of piperazine rings is 1. The third kappa shape index (κ3) is 5.88. The van der Waals surface area contributed by atoms with Gasteiger partial charge in [-0.15, -0.1) is 0 Å². The summed E-state index contributed by atoms with van der Waals surface area (Å²) in [4.78, 5) is 44.4. The van der Waals surface area contributed by atoms with Gasteiger partial charge in [-0.1, -0.05) is 53.0 Å². The molecule has 2 heterocycles. The van der Waals surface area contributed by atoms with E-state index < -0.39 is 12.0 Å². The van der Waals surface area contributed by atoms with E-state index in [1.165, 1.54) is 4.90 Å². The number of carbonyl (C=O) groups is 3. The molecule has 37 heavy (non-hydrogen) atoms. The molecule has 1 saturated heterocycles. The zero-order chi connectivity index (χ0) is 26.7. The molecule has 2 aliphatic heterocycles. The average molecular weight is 566 g/mol. The zero-order valence-corrected chi connectivity index (χ0v) is 22.7. The number of halogens is 3. The molecule has 8 nitrogen and oxygen atoms in total. The van der Waals surface area contributed by atoms with Crippen molar-refractivity contribution in [1.82, 2.24) is 20.0 Å². The van der Waals surface area contributed by atoms with E-state index in [0.29, 0.717) is 70.2 Å². The Hall–Kier alpha value is -2.78. The van der Waals surface area contributed by atoms with Crippen LogP contribution in [0.1, 0.15) is 28.9 Å². The molecule has 2 aromatic carbocycles. The summed E-state index contributed by atoms with van der Waals surface area (Å²) in [7, 11) is 1.61. The lowest BCUT2D eigenvalue weighted by atomic mass is 9.94. The molecule has 11 heteroatoms. The van der Waals surface area contributed by atoms with Crippen molar-refractivity contribution in [3.8, 4) is 0 Å². The summed E-state index contributed by atoms with van der Waals surface area (Å²) in [5.74, 6) is -0.656. The number of ether oxygens (including phenoxy) is 1. The van der Waals surface area contributed by atoms with Gasteiger partial charge in [0.1, 0.15) is 0 Å². The third-order valence-electron chi connectivity index (χ3n) is 6.48. The molecule has 196 valence electrons. The summed E-state index contributed by atoms with van der Waals surface area (Å²) in [6, 6.07) is 10.7. The highest BCUT2D eigenvalue weighted by Crippen LogP contribution is 2.36. The highest BCUT2D eigenvalue weighted by atomic mass is 35.5. The van der Waals surface area contributed by atoms with Crippen LogP contribution in [0.2, 0.25) is 15.1 Å². The Morgan fingerprint density at radius 3 is 2.38 bits per heavy atom. The van der Waals surface area contributed by atoms with E-state index in [0.717, 1.165) is 0 Å². The Kier molecular flexibility index (Phi) is 8.64. The first-order valence-corrected chi connectivity index (χ1v) is 13.0. The van der Waals surface area contributed by atoms with Crippen molar-refractivity contribution in [3.63, 3.8) is 0 Å². The van der Waals surface area contributed by atoms with Crippen molar-refractivity contribution >= 4 is 52.7 Å². The standard InChI is InChI=1S/C26H27Cl3N4O4/c1-3-37-25(35)22-21(31(2)26(36)30-23(22)17-9-8-16(27)14-20(17)29)15-32-10-12-33(13-11-32)24(34)18-6-4-5-7-19(18)28/h4-9,14,23H,3,10-13,15H2,1-2H3,(H,30,36). The summed E-state index contributed by atoms with van der Waals surface area (Å²) in [6.07, 6.45) is 0. The van der Waals surface area contributed by atoms with Gasteiger partial charge in [-0.2, -0.15) is 0 Å². The maximum atomic E-state index is 13.2. The van der Waals surface area contributed by atoms with Gasteiger partial charge in [-0.05, 0) is 36.8 Å². The number of hydrogen-bond donors (Lipinski definition) is 1. The van der Waals surface area contributed by atoms with Crippen molar-refractivity contribution in [1.29, 1.82) is 0 Å². The third-order valence-corrected chi connectivity index (χ3v) is 7.37. The molecule has 0 radical (unpaired) electrons. The second-order valence-electron chi connectivity index (χ2n) is 8.74. The van der Waals surface area contributed by atoms with Gasteiger partial charge in [-0.25, -0.2) is 9.59 Å². The van der Waals surface area contributed by atoms with Crippen LogP contribution in [-0.2, 0) is 9.53 Å². The van der Waals surface area contributed by atoms with Gasteiger partial charge in [0.2, 0.25) is 0 Å². The van der Waals surface area contributed by atoms with Crippen LogP contribution in [-0.4, -0.2) is 79.0 Å². The van der Waals surface area contributed by atoms with Gasteiger partial charge in [0.05, 0.1) is 28.8 Å². The van der Waals surface area contributed by atoms with E-state index >= 15 is 0 Å². The molecule has 3 amide bonds.